The Balaban J connectivity index is 2.01. The van der Waals surface area contributed by atoms with Gasteiger partial charge in [0.1, 0.15) is 12.4 Å². The van der Waals surface area contributed by atoms with Gasteiger partial charge in [0.15, 0.2) is 5.78 Å². The average molecular weight is 255 g/mol. The highest BCUT2D eigenvalue weighted by molar-refractivity contribution is 5.99. The molecule has 1 aromatic carbocycles. The molecule has 2 rings (SSSR count). The van der Waals surface area contributed by atoms with Gasteiger partial charge in [-0.15, -0.1) is 0 Å². The van der Waals surface area contributed by atoms with E-state index in [0.717, 1.165) is 11.3 Å². The monoisotopic (exact) mass is 255 g/mol. The number of hydrogen-bond donors (Lipinski definition) is 0. The lowest BCUT2D eigenvalue weighted by atomic mass is 10.2. The lowest BCUT2D eigenvalue weighted by Gasteiger charge is -2.06. The van der Waals surface area contributed by atoms with E-state index in [1.165, 1.54) is 12.3 Å². The number of pyridine rings is 1. The van der Waals surface area contributed by atoms with Crippen LogP contribution in [-0.4, -0.2) is 17.9 Å². The summed E-state index contributed by atoms with van der Waals surface area (Å²) in [4.78, 5) is 15.0. The zero-order valence-electron chi connectivity index (χ0n) is 10.5. The summed E-state index contributed by atoms with van der Waals surface area (Å²) < 4.78 is 10.6. The van der Waals surface area contributed by atoms with E-state index in [4.69, 9.17) is 16.4 Å². The van der Waals surface area contributed by atoms with Crippen LogP contribution in [0.2, 0.25) is 0 Å². The minimum Gasteiger partial charge on any atom is -0.497 e. The summed E-state index contributed by atoms with van der Waals surface area (Å²) >= 11 is 0. The number of hydrogen-bond acceptors (Lipinski definition) is 4. The van der Waals surface area contributed by atoms with Gasteiger partial charge in [0.25, 0.3) is 0 Å². The Morgan fingerprint density at radius 2 is 2.00 bits per heavy atom. The van der Waals surface area contributed by atoms with Crippen molar-refractivity contribution < 1.29 is 14.3 Å². The molecule has 0 unspecified atom stereocenters. The van der Waals surface area contributed by atoms with Crippen LogP contribution in [0.25, 0.3) is 0 Å². The Morgan fingerprint density at radius 3 is 2.63 bits per heavy atom. The Hall–Kier alpha value is -2.36. The maximum absolute atomic E-state index is 11.0. The number of methoxy groups -OCH3 is 1. The molecule has 2 radical (unpaired) electrons. The second-order valence-electron chi connectivity index (χ2n) is 3.88. The van der Waals surface area contributed by atoms with Gasteiger partial charge < -0.3 is 9.47 Å². The van der Waals surface area contributed by atoms with Gasteiger partial charge in [0, 0.05) is 24.8 Å². The van der Waals surface area contributed by atoms with Crippen molar-refractivity contribution in [3.63, 3.8) is 0 Å². The van der Waals surface area contributed by atoms with Gasteiger partial charge >= 0.3 is 0 Å². The Bertz CT molecular complexity index is 564. The minimum absolute atomic E-state index is 0.360. The molecule has 0 saturated heterocycles. The standard InChI is InChI=1S/C15H13NO3/c1-11(17)13-7-8-16-15(9-13)19-10-12-3-5-14(18-2)6-4-12/h1,3-9H,10H2,2H3. The predicted molar refractivity (Wildman–Crippen MR) is 70.2 cm³/mol. The van der Waals surface area contributed by atoms with E-state index < -0.39 is 5.78 Å². The van der Waals surface area contributed by atoms with E-state index in [1.54, 1.807) is 13.2 Å². The fraction of sp³-hybridized carbons (Fsp3) is 0.133. The molecular formula is C15H13NO3. The van der Waals surface area contributed by atoms with Crippen LogP contribution < -0.4 is 9.47 Å². The van der Waals surface area contributed by atoms with E-state index in [2.05, 4.69) is 4.98 Å². The summed E-state index contributed by atoms with van der Waals surface area (Å²) in [5.74, 6) is 0.654. The minimum atomic E-state index is -0.503. The van der Waals surface area contributed by atoms with E-state index in [9.17, 15) is 4.79 Å². The van der Waals surface area contributed by atoms with Crippen LogP contribution in [0.3, 0.4) is 0 Å². The molecule has 1 aromatic heterocycles. The van der Waals surface area contributed by atoms with Crippen molar-refractivity contribution in [2.45, 2.75) is 6.61 Å². The quantitative estimate of drug-likeness (QED) is 0.770. The third-order valence-corrected chi connectivity index (χ3v) is 2.57. The van der Waals surface area contributed by atoms with Crippen LogP contribution in [-0.2, 0) is 6.61 Å². The Kier molecular flexibility index (Phi) is 4.13. The van der Waals surface area contributed by atoms with Crippen molar-refractivity contribution in [2.75, 3.05) is 7.11 Å². The number of ether oxygens (including phenoxy) is 2. The van der Waals surface area contributed by atoms with Crippen LogP contribution in [0, 0.1) is 6.92 Å². The second kappa shape index (κ2) is 6.00. The first kappa shape index (κ1) is 13.1. The molecule has 0 N–H and O–H groups in total. The Labute approximate surface area is 112 Å². The molecular weight excluding hydrogens is 242 g/mol. The number of ketones is 1. The summed E-state index contributed by atoms with van der Waals surface area (Å²) in [5, 5.41) is 0. The highest BCUT2D eigenvalue weighted by atomic mass is 16.5. The molecule has 0 aliphatic rings. The first-order valence-corrected chi connectivity index (χ1v) is 5.70. The molecule has 0 aliphatic heterocycles. The van der Waals surface area contributed by atoms with Gasteiger partial charge in [-0.1, -0.05) is 12.1 Å². The highest BCUT2D eigenvalue weighted by Crippen LogP contribution is 2.15. The molecule has 19 heavy (non-hydrogen) atoms. The molecule has 0 atom stereocenters. The molecule has 4 nitrogen and oxygen atoms in total. The molecule has 96 valence electrons. The Morgan fingerprint density at radius 1 is 1.26 bits per heavy atom. The van der Waals surface area contributed by atoms with Gasteiger partial charge in [-0.2, -0.15) is 0 Å². The number of rotatable bonds is 5. The molecule has 0 saturated carbocycles. The number of carbonyl (C=O) groups is 1. The topological polar surface area (TPSA) is 48.4 Å². The first-order chi connectivity index (χ1) is 9.19. The molecule has 0 aliphatic carbocycles. The van der Waals surface area contributed by atoms with E-state index in [1.807, 2.05) is 24.3 Å². The zero-order valence-corrected chi connectivity index (χ0v) is 10.5. The SMILES string of the molecule is [CH]C(=O)c1ccnc(OCc2ccc(OC)cc2)c1. The second-order valence-corrected chi connectivity index (χ2v) is 3.88. The van der Waals surface area contributed by atoms with E-state index in [-0.39, 0.29) is 0 Å². The highest BCUT2D eigenvalue weighted by Gasteiger charge is 2.03. The predicted octanol–water partition coefficient (Wildman–Crippen LogP) is 2.56. The molecule has 4 heteroatoms. The summed E-state index contributed by atoms with van der Waals surface area (Å²) in [6, 6.07) is 10.6. The summed E-state index contributed by atoms with van der Waals surface area (Å²) in [6.07, 6.45) is 1.49. The maximum Gasteiger partial charge on any atom is 0.214 e. The van der Waals surface area contributed by atoms with Gasteiger partial charge in [-0.05, 0) is 23.8 Å². The van der Waals surface area contributed by atoms with Crippen LogP contribution in [0.5, 0.6) is 11.6 Å². The first-order valence-electron chi connectivity index (χ1n) is 5.70. The van der Waals surface area contributed by atoms with Crippen LogP contribution in [0.1, 0.15) is 15.9 Å². The lowest BCUT2D eigenvalue weighted by molar-refractivity contribution is 0.104. The van der Waals surface area contributed by atoms with E-state index >= 15 is 0 Å². The fourth-order valence-electron chi connectivity index (χ4n) is 1.52. The molecule has 0 bridgehead atoms. The van der Waals surface area contributed by atoms with Gasteiger partial charge in [0.2, 0.25) is 5.88 Å². The third kappa shape index (κ3) is 3.55. The van der Waals surface area contributed by atoms with Crippen LogP contribution in [0.4, 0.5) is 0 Å². The zero-order chi connectivity index (χ0) is 13.7. The number of nitrogens with zero attached hydrogens (tertiary/aromatic N) is 1. The van der Waals surface area contributed by atoms with Crippen molar-refractivity contribution in [2.24, 2.45) is 0 Å². The molecule has 0 fully saturated rings. The van der Waals surface area contributed by atoms with E-state index in [0.29, 0.717) is 18.1 Å². The fourth-order valence-corrected chi connectivity index (χ4v) is 1.52. The van der Waals surface area contributed by atoms with Crippen molar-refractivity contribution in [1.82, 2.24) is 4.98 Å². The van der Waals surface area contributed by atoms with Gasteiger partial charge in [-0.25, -0.2) is 4.98 Å². The van der Waals surface area contributed by atoms with Crippen molar-refractivity contribution >= 4 is 5.78 Å². The number of carbonyl (C=O) groups excluding carboxylic acids is 1. The third-order valence-electron chi connectivity index (χ3n) is 2.57. The molecule has 0 spiro atoms. The number of benzene rings is 1. The summed E-state index contributed by atoms with van der Waals surface area (Å²) in [6.45, 7) is 5.55. The van der Waals surface area contributed by atoms with Gasteiger partial charge in [0.05, 0.1) is 7.11 Å². The summed E-state index contributed by atoms with van der Waals surface area (Å²) in [5.41, 5.74) is 1.35. The summed E-state index contributed by atoms with van der Waals surface area (Å²) in [7, 11) is 1.62. The van der Waals surface area contributed by atoms with Crippen LogP contribution in [0.15, 0.2) is 42.6 Å². The molecule has 2 aromatic rings. The smallest absolute Gasteiger partial charge is 0.214 e. The number of Topliss-reactive ketones (excluding diaryl/α,β-unsaturated/α-hetero) is 1. The lowest BCUT2D eigenvalue weighted by Crippen LogP contribution is -1.99. The van der Waals surface area contributed by atoms with Gasteiger partial charge in [-0.3, -0.25) is 4.79 Å². The normalized spacial score (nSPS) is 10.0. The number of aromatic nitrogens is 1. The molecule has 0 amide bonds. The largest absolute Gasteiger partial charge is 0.497 e. The average Bonchev–Trinajstić information content (AvgIpc) is 2.46. The molecule has 1 heterocycles. The van der Waals surface area contributed by atoms with Crippen molar-refractivity contribution in [1.29, 1.82) is 0 Å². The van der Waals surface area contributed by atoms with Crippen molar-refractivity contribution in [3.8, 4) is 11.6 Å². The van der Waals surface area contributed by atoms with Crippen molar-refractivity contribution in [3.05, 3.63) is 60.6 Å². The van der Waals surface area contributed by atoms with Crippen LogP contribution >= 0.6 is 0 Å². The maximum atomic E-state index is 11.0.